The Kier molecular flexibility index (Phi) is 5.92. The Bertz CT molecular complexity index is 1460. The zero-order valence-electron chi connectivity index (χ0n) is 20.3. The van der Waals surface area contributed by atoms with Crippen molar-refractivity contribution in [3.05, 3.63) is 46.9 Å². The third-order valence-corrected chi connectivity index (χ3v) is 7.40. The maximum atomic E-state index is 12.9. The molecule has 2 aliphatic rings. The number of benzene rings is 1. The molecule has 0 bridgehead atoms. The van der Waals surface area contributed by atoms with Gasteiger partial charge in [-0.05, 0) is 43.7 Å². The summed E-state index contributed by atoms with van der Waals surface area (Å²) in [5.41, 5.74) is 2.97. The summed E-state index contributed by atoms with van der Waals surface area (Å²) in [6, 6.07) is 7.90. The lowest BCUT2D eigenvalue weighted by molar-refractivity contribution is 0.0535. The first-order valence-electron chi connectivity index (χ1n) is 12.6. The van der Waals surface area contributed by atoms with E-state index >= 15 is 0 Å². The number of imidazole rings is 2. The molecule has 36 heavy (non-hydrogen) atoms. The first-order chi connectivity index (χ1) is 17.6. The van der Waals surface area contributed by atoms with Gasteiger partial charge in [-0.25, -0.2) is 19.7 Å². The van der Waals surface area contributed by atoms with Gasteiger partial charge in [0.25, 0.3) is 5.91 Å². The van der Waals surface area contributed by atoms with Crippen LogP contribution in [0.2, 0.25) is 0 Å². The van der Waals surface area contributed by atoms with Crippen LogP contribution in [0.3, 0.4) is 0 Å². The quantitative estimate of drug-likeness (QED) is 0.439. The number of rotatable bonds is 5. The number of aromatic nitrogens is 6. The fourth-order valence-electron chi connectivity index (χ4n) is 5.48. The van der Waals surface area contributed by atoms with Crippen LogP contribution in [0.4, 0.5) is 5.82 Å². The molecular formula is C25H30N8O3. The van der Waals surface area contributed by atoms with E-state index in [1.54, 1.807) is 11.6 Å². The van der Waals surface area contributed by atoms with Gasteiger partial charge in [-0.2, -0.15) is 0 Å². The number of hydrogen-bond acceptors (Lipinski definition) is 7. The summed E-state index contributed by atoms with van der Waals surface area (Å²) in [7, 11) is 1.81. The molecule has 3 aromatic heterocycles. The number of nitrogens with zero attached hydrogens (tertiary/aromatic N) is 6. The summed E-state index contributed by atoms with van der Waals surface area (Å²) in [4.78, 5) is 44.3. The number of H-pyrrole nitrogens is 1. The van der Waals surface area contributed by atoms with E-state index in [0.29, 0.717) is 36.1 Å². The van der Waals surface area contributed by atoms with E-state index < -0.39 is 0 Å². The largest absolute Gasteiger partial charge is 0.381 e. The molecule has 2 aliphatic heterocycles. The van der Waals surface area contributed by atoms with Crippen molar-refractivity contribution in [2.45, 2.75) is 31.7 Å². The predicted molar refractivity (Wildman–Crippen MR) is 135 cm³/mol. The molecule has 11 heteroatoms. The SMILES string of the molecule is Cn1c(C(=O)NCC2CCCOC2)nc2c(N3CCC(n4c(=O)[nH]c5ccccc54)CC3)ncnc21. The Morgan fingerprint density at radius 2 is 2.03 bits per heavy atom. The number of fused-ring (bicyclic) bond motifs is 2. The van der Waals surface area contributed by atoms with Gasteiger partial charge in [0.2, 0.25) is 5.82 Å². The molecule has 1 unspecified atom stereocenters. The summed E-state index contributed by atoms with van der Waals surface area (Å²) in [6.45, 7) is 3.50. The standard InChI is InChI=1S/C25H30N8O3/c1-31-21-20(30-23(31)24(34)26-13-16-5-4-12-36-14-16)22(28-15-27-21)32-10-8-17(9-11-32)33-19-7-3-2-6-18(19)29-25(33)35/h2-3,6-7,15-17H,4-5,8-14H2,1H3,(H,26,34)(H,29,35). The number of para-hydroxylation sites is 2. The van der Waals surface area contributed by atoms with Crippen LogP contribution in [0.15, 0.2) is 35.4 Å². The highest BCUT2D eigenvalue weighted by Gasteiger charge is 2.27. The van der Waals surface area contributed by atoms with Gasteiger partial charge >= 0.3 is 5.69 Å². The van der Waals surface area contributed by atoms with Gasteiger partial charge in [-0.15, -0.1) is 0 Å². The molecule has 0 saturated carbocycles. The molecule has 0 aliphatic carbocycles. The van der Waals surface area contributed by atoms with E-state index in [-0.39, 0.29) is 17.6 Å². The summed E-state index contributed by atoms with van der Waals surface area (Å²) >= 11 is 0. The molecule has 2 fully saturated rings. The first kappa shape index (κ1) is 22.7. The van der Waals surface area contributed by atoms with Gasteiger partial charge in [0, 0.05) is 39.3 Å². The van der Waals surface area contributed by atoms with Crippen molar-refractivity contribution >= 4 is 33.9 Å². The summed E-state index contributed by atoms with van der Waals surface area (Å²) in [6.07, 6.45) is 5.21. The van der Waals surface area contributed by atoms with E-state index in [4.69, 9.17) is 4.74 Å². The monoisotopic (exact) mass is 490 g/mol. The number of amides is 1. The zero-order chi connectivity index (χ0) is 24.6. The van der Waals surface area contributed by atoms with Crippen LogP contribution in [0.5, 0.6) is 0 Å². The topological polar surface area (TPSA) is 123 Å². The molecule has 2 saturated heterocycles. The molecule has 5 heterocycles. The third kappa shape index (κ3) is 4.02. The number of anilines is 1. The Morgan fingerprint density at radius 3 is 2.83 bits per heavy atom. The summed E-state index contributed by atoms with van der Waals surface area (Å²) in [5.74, 6) is 1.16. The maximum Gasteiger partial charge on any atom is 0.326 e. The van der Waals surface area contributed by atoms with E-state index in [1.807, 2.05) is 28.8 Å². The van der Waals surface area contributed by atoms with E-state index in [2.05, 4.69) is 30.2 Å². The average Bonchev–Trinajstić information content (AvgIpc) is 3.44. The fourth-order valence-corrected chi connectivity index (χ4v) is 5.48. The molecule has 0 spiro atoms. The summed E-state index contributed by atoms with van der Waals surface area (Å²) < 4.78 is 9.12. The van der Waals surface area contributed by atoms with Crippen LogP contribution >= 0.6 is 0 Å². The lowest BCUT2D eigenvalue weighted by Gasteiger charge is -2.33. The van der Waals surface area contributed by atoms with Crippen LogP contribution < -0.4 is 15.9 Å². The second-order valence-corrected chi connectivity index (χ2v) is 9.69. The highest BCUT2D eigenvalue weighted by molar-refractivity contribution is 5.96. The van der Waals surface area contributed by atoms with Crippen LogP contribution in [0.1, 0.15) is 42.3 Å². The number of carbonyl (C=O) groups excluding carboxylic acids is 1. The normalized spacial score (nSPS) is 19.2. The number of nitrogens with one attached hydrogen (secondary N) is 2. The minimum absolute atomic E-state index is 0.0701. The van der Waals surface area contributed by atoms with Gasteiger partial charge in [-0.3, -0.25) is 9.36 Å². The molecule has 188 valence electrons. The van der Waals surface area contributed by atoms with Crippen LogP contribution in [-0.2, 0) is 11.8 Å². The van der Waals surface area contributed by atoms with Crippen LogP contribution in [-0.4, -0.2) is 67.8 Å². The van der Waals surface area contributed by atoms with Crippen molar-refractivity contribution in [2.75, 3.05) is 37.7 Å². The molecule has 1 aromatic carbocycles. The molecule has 4 aromatic rings. The third-order valence-electron chi connectivity index (χ3n) is 7.40. The number of carbonyl (C=O) groups is 1. The molecule has 1 amide bonds. The minimum atomic E-state index is -0.218. The van der Waals surface area contributed by atoms with Crippen molar-refractivity contribution in [3.8, 4) is 0 Å². The Morgan fingerprint density at radius 1 is 1.19 bits per heavy atom. The maximum absolute atomic E-state index is 12.9. The van der Waals surface area contributed by atoms with Gasteiger partial charge in [0.05, 0.1) is 17.6 Å². The van der Waals surface area contributed by atoms with Gasteiger partial charge < -0.3 is 24.5 Å². The Balaban J connectivity index is 1.20. The molecule has 6 rings (SSSR count). The number of piperidine rings is 1. The van der Waals surface area contributed by atoms with Crippen molar-refractivity contribution in [2.24, 2.45) is 13.0 Å². The number of aryl methyl sites for hydroxylation is 1. The van der Waals surface area contributed by atoms with Gasteiger partial charge in [-0.1, -0.05) is 12.1 Å². The van der Waals surface area contributed by atoms with E-state index in [1.165, 1.54) is 6.33 Å². The second kappa shape index (κ2) is 9.38. The van der Waals surface area contributed by atoms with E-state index in [9.17, 15) is 9.59 Å². The number of aromatic amines is 1. The number of ether oxygens (including phenoxy) is 1. The van der Waals surface area contributed by atoms with Crippen LogP contribution in [0.25, 0.3) is 22.2 Å². The van der Waals surface area contributed by atoms with Crippen LogP contribution in [0, 0.1) is 5.92 Å². The van der Waals surface area contributed by atoms with Gasteiger partial charge in [0.15, 0.2) is 17.0 Å². The Hall–Kier alpha value is -3.73. The smallest absolute Gasteiger partial charge is 0.326 e. The molecule has 1 atom stereocenters. The first-order valence-corrected chi connectivity index (χ1v) is 12.6. The molecule has 11 nitrogen and oxygen atoms in total. The second-order valence-electron chi connectivity index (χ2n) is 9.69. The minimum Gasteiger partial charge on any atom is -0.381 e. The lowest BCUT2D eigenvalue weighted by atomic mass is 10.0. The highest BCUT2D eigenvalue weighted by atomic mass is 16.5. The molecule has 2 N–H and O–H groups in total. The summed E-state index contributed by atoms with van der Waals surface area (Å²) in [5, 5.41) is 3.01. The Labute approximate surface area is 207 Å². The van der Waals surface area contributed by atoms with Crippen molar-refractivity contribution in [1.82, 2.24) is 34.4 Å². The highest BCUT2D eigenvalue weighted by Crippen LogP contribution is 2.30. The van der Waals surface area contributed by atoms with E-state index in [0.717, 1.165) is 62.2 Å². The average molecular weight is 491 g/mol. The zero-order valence-corrected chi connectivity index (χ0v) is 20.3. The molecular weight excluding hydrogens is 460 g/mol. The van der Waals surface area contributed by atoms with Crippen molar-refractivity contribution < 1.29 is 9.53 Å². The van der Waals surface area contributed by atoms with Gasteiger partial charge in [0.1, 0.15) is 6.33 Å². The lowest BCUT2D eigenvalue weighted by Crippen LogP contribution is -2.37. The fraction of sp³-hybridized carbons (Fsp3) is 0.480. The molecule has 0 radical (unpaired) electrons. The van der Waals surface area contributed by atoms with Crippen molar-refractivity contribution in [3.63, 3.8) is 0 Å². The predicted octanol–water partition coefficient (Wildman–Crippen LogP) is 2.00. The van der Waals surface area contributed by atoms with Crippen molar-refractivity contribution in [1.29, 1.82) is 0 Å². The number of hydrogen-bond donors (Lipinski definition) is 2.